The summed E-state index contributed by atoms with van der Waals surface area (Å²) in [4.78, 5) is 12.0. The molecule has 1 aliphatic rings. The Labute approximate surface area is 96.0 Å². The second-order valence-electron chi connectivity index (χ2n) is 4.73. The smallest absolute Gasteiger partial charge is 0.244 e. The first-order chi connectivity index (χ1) is 7.53. The monoisotopic (exact) mass is 218 g/mol. The summed E-state index contributed by atoms with van der Waals surface area (Å²) in [7, 11) is 0. The molecule has 0 aliphatic heterocycles. The summed E-state index contributed by atoms with van der Waals surface area (Å²) in [6, 6.07) is 5.97. The third-order valence-corrected chi connectivity index (χ3v) is 3.42. The zero-order valence-corrected chi connectivity index (χ0v) is 9.84. The van der Waals surface area contributed by atoms with Gasteiger partial charge in [0.25, 0.3) is 0 Å². The van der Waals surface area contributed by atoms with Crippen LogP contribution in [0.25, 0.3) is 0 Å². The number of nitrogens with one attached hydrogen (secondary N) is 1. The molecule has 0 heterocycles. The van der Waals surface area contributed by atoms with Gasteiger partial charge in [0.05, 0.1) is 5.54 Å². The summed E-state index contributed by atoms with van der Waals surface area (Å²) in [5.41, 5.74) is 8.42. The number of carbonyl (C=O) groups is 1. The van der Waals surface area contributed by atoms with E-state index in [1.807, 2.05) is 32.0 Å². The average Bonchev–Trinajstić information content (AvgIpc) is 2.20. The number of rotatable bonds is 2. The summed E-state index contributed by atoms with van der Waals surface area (Å²) in [6.07, 6.45) is 2.64. The molecule has 0 aromatic heterocycles. The minimum absolute atomic E-state index is 0.0452. The third-order valence-electron chi connectivity index (χ3n) is 3.42. The van der Waals surface area contributed by atoms with Crippen molar-refractivity contribution in [1.82, 2.24) is 0 Å². The van der Waals surface area contributed by atoms with Crippen molar-refractivity contribution in [3.63, 3.8) is 0 Å². The first-order valence-electron chi connectivity index (χ1n) is 5.69. The van der Waals surface area contributed by atoms with Gasteiger partial charge in [0.15, 0.2) is 0 Å². The molecule has 1 aliphatic carbocycles. The van der Waals surface area contributed by atoms with Gasteiger partial charge in [0.1, 0.15) is 0 Å². The molecule has 1 aromatic rings. The largest absolute Gasteiger partial charge is 0.324 e. The normalized spacial score (nSPS) is 17.7. The van der Waals surface area contributed by atoms with Crippen molar-refractivity contribution in [2.75, 3.05) is 5.32 Å². The summed E-state index contributed by atoms with van der Waals surface area (Å²) in [6.45, 7) is 3.99. The van der Waals surface area contributed by atoms with E-state index in [1.165, 1.54) is 0 Å². The molecule has 0 saturated heterocycles. The van der Waals surface area contributed by atoms with E-state index in [1.54, 1.807) is 0 Å². The number of hydrogen-bond donors (Lipinski definition) is 2. The van der Waals surface area contributed by atoms with Crippen LogP contribution in [0, 0.1) is 13.8 Å². The van der Waals surface area contributed by atoms with Crippen LogP contribution in [0.2, 0.25) is 0 Å². The highest BCUT2D eigenvalue weighted by Gasteiger charge is 2.40. The Morgan fingerprint density at radius 2 is 1.88 bits per heavy atom. The fraction of sp³-hybridized carbons (Fsp3) is 0.462. The summed E-state index contributed by atoms with van der Waals surface area (Å²) in [5, 5.41) is 2.96. The topological polar surface area (TPSA) is 55.1 Å². The van der Waals surface area contributed by atoms with Crippen molar-refractivity contribution >= 4 is 11.6 Å². The zero-order valence-electron chi connectivity index (χ0n) is 9.84. The molecule has 3 N–H and O–H groups in total. The molecule has 0 radical (unpaired) electrons. The van der Waals surface area contributed by atoms with Gasteiger partial charge >= 0.3 is 0 Å². The third kappa shape index (κ3) is 1.83. The lowest BCUT2D eigenvalue weighted by Gasteiger charge is -2.36. The number of benzene rings is 1. The number of nitrogens with two attached hydrogens (primary N) is 1. The zero-order chi connectivity index (χ0) is 11.8. The first kappa shape index (κ1) is 11.1. The molecule has 1 amide bonds. The number of amides is 1. The molecule has 2 rings (SSSR count). The lowest BCUT2D eigenvalue weighted by molar-refractivity contribution is -0.123. The van der Waals surface area contributed by atoms with Crippen LogP contribution in [-0.2, 0) is 4.79 Å². The van der Waals surface area contributed by atoms with E-state index in [2.05, 4.69) is 5.32 Å². The molecule has 1 aromatic carbocycles. The molecule has 16 heavy (non-hydrogen) atoms. The van der Waals surface area contributed by atoms with Crippen LogP contribution >= 0.6 is 0 Å². The predicted octanol–water partition coefficient (Wildman–Crippen LogP) is 2.12. The standard InChI is InChI=1S/C13H18N2O/c1-9-5-3-6-10(2)11(9)15-12(16)13(14)7-4-8-13/h3,5-6H,4,7-8,14H2,1-2H3,(H,15,16). The van der Waals surface area contributed by atoms with E-state index in [0.29, 0.717) is 0 Å². The highest BCUT2D eigenvalue weighted by Crippen LogP contribution is 2.31. The molecular formula is C13H18N2O. The Morgan fingerprint density at radius 1 is 1.31 bits per heavy atom. The number of carbonyl (C=O) groups excluding carboxylic acids is 1. The van der Waals surface area contributed by atoms with Crippen LogP contribution < -0.4 is 11.1 Å². The van der Waals surface area contributed by atoms with Gasteiger partial charge in [-0.25, -0.2) is 0 Å². The van der Waals surface area contributed by atoms with Gasteiger partial charge < -0.3 is 11.1 Å². The van der Waals surface area contributed by atoms with Gasteiger partial charge in [-0.1, -0.05) is 18.2 Å². The maximum Gasteiger partial charge on any atom is 0.244 e. The van der Waals surface area contributed by atoms with Crippen molar-refractivity contribution in [1.29, 1.82) is 0 Å². The van der Waals surface area contributed by atoms with Crippen molar-refractivity contribution < 1.29 is 4.79 Å². The molecular weight excluding hydrogens is 200 g/mol. The van der Waals surface area contributed by atoms with E-state index in [-0.39, 0.29) is 5.91 Å². The van der Waals surface area contributed by atoms with E-state index < -0.39 is 5.54 Å². The van der Waals surface area contributed by atoms with Crippen LogP contribution in [0.4, 0.5) is 5.69 Å². The van der Waals surface area contributed by atoms with Crippen molar-refractivity contribution in [2.45, 2.75) is 38.6 Å². The van der Waals surface area contributed by atoms with Crippen molar-refractivity contribution in [2.24, 2.45) is 5.73 Å². The number of anilines is 1. The van der Waals surface area contributed by atoms with Gasteiger partial charge in [-0.15, -0.1) is 0 Å². The Bertz CT molecular complexity index is 402. The van der Waals surface area contributed by atoms with E-state index in [0.717, 1.165) is 36.1 Å². The van der Waals surface area contributed by atoms with Crippen LogP contribution in [-0.4, -0.2) is 11.4 Å². The fourth-order valence-electron chi connectivity index (χ4n) is 2.03. The second-order valence-corrected chi connectivity index (χ2v) is 4.73. The molecule has 0 spiro atoms. The minimum atomic E-state index is -0.630. The highest BCUT2D eigenvalue weighted by molar-refractivity contribution is 5.99. The van der Waals surface area contributed by atoms with Gasteiger partial charge in [-0.2, -0.15) is 0 Å². The molecule has 86 valence electrons. The molecule has 1 saturated carbocycles. The maximum atomic E-state index is 12.0. The van der Waals surface area contributed by atoms with Crippen molar-refractivity contribution in [3.8, 4) is 0 Å². The Hall–Kier alpha value is -1.35. The molecule has 0 atom stereocenters. The molecule has 0 bridgehead atoms. The Morgan fingerprint density at radius 3 is 2.31 bits per heavy atom. The van der Waals surface area contributed by atoms with Crippen LogP contribution in [0.15, 0.2) is 18.2 Å². The SMILES string of the molecule is Cc1cccc(C)c1NC(=O)C1(N)CCC1. The van der Waals surface area contributed by atoms with Gasteiger partial charge in [0, 0.05) is 5.69 Å². The summed E-state index contributed by atoms with van der Waals surface area (Å²) < 4.78 is 0. The van der Waals surface area contributed by atoms with E-state index in [9.17, 15) is 4.79 Å². The molecule has 0 unspecified atom stereocenters. The van der Waals surface area contributed by atoms with E-state index >= 15 is 0 Å². The lowest BCUT2D eigenvalue weighted by Crippen LogP contribution is -2.56. The molecule has 3 nitrogen and oxygen atoms in total. The predicted molar refractivity (Wildman–Crippen MR) is 65.3 cm³/mol. The lowest BCUT2D eigenvalue weighted by atomic mass is 9.77. The van der Waals surface area contributed by atoms with E-state index in [4.69, 9.17) is 5.73 Å². The number of aryl methyl sites for hydroxylation is 2. The Balaban J connectivity index is 2.18. The summed E-state index contributed by atoms with van der Waals surface area (Å²) in [5.74, 6) is -0.0452. The summed E-state index contributed by atoms with van der Waals surface area (Å²) >= 11 is 0. The Kier molecular flexibility index (Phi) is 2.72. The van der Waals surface area contributed by atoms with Crippen LogP contribution in [0.5, 0.6) is 0 Å². The molecule has 3 heteroatoms. The molecule has 1 fully saturated rings. The fourth-order valence-corrected chi connectivity index (χ4v) is 2.03. The second kappa shape index (κ2) is 3.91. The van der Waals surface area contributed by atoms with Gasteiger partial charge in [-0.3, -0.25) is 4.79 Å². The quantitative estimate of drug-likeness (QED) is 0.799. The minimum Gasteiger partial charge on any atom is -0.324 e. The maximum absolute atomic E-state index is 12.0. The van der Waals surface area contributed by atoms with Gasteiger partial charge in [-0.05, 0) is 44.2 Å². The van der Waals surface area contributed by atoms with Crippen LogP contribution in [0.3, 0.4) is 0 Å². The first-order valence-corrected chi connectivity index (χ1v) is 5.69. The average molecular weight is 218 g/mol. The van der Waals surface area contributed by atoms with Crippen LogP contribution in [0.1, 0.15) is 30.4 Å². The number of hydrogen-bond acceptors (Lipinski definition) is 2. The van der Waals surface area contributed by atoms with Gasteiger partial charge in [0.2, 0.25) is 5.91 Å². The number of para-hydroxylation sites is 1. The van der Waals surface area contributed by atoms with Crippen molar-refractivity contribution in [3.05, 3.63) is 29.3 Å². The highest BCUT2D eigenvalue weighted by atomic mass is 16.2.